The molecule has 15 heavy (non-hydrogen) atoms. The lowest BCUT2D eigenvalue weighted by Gasteiger charge is -2.13. The first kappa shape index (κ1) is 14.9. The molecular weight excluding hydrogens is 190 g/mol. The molecule has 0 amide bonds. The largest absolute Gasteiger partial charge is 0.379 e. The predicted molar refractivity (Wildman–Crippen MR) is 64.3 cm³/mol. The molecule has 92 valence electrons. The van der Waals surface area contributed by atoms with Crippen LogP contribution >= 0.6 is 0 Å². The molecule has 0 spiro atoms. The number of ether oxygens (including phenoxy) is 2. The highest BCUT2D eigenvalue weighted by molar-refractivity contribution is 4.53. The summed E-state index contributed by atoms with van der Waals surface area (Å²) in [5.74, 6) is 0. The van der Waals surface area contributed by atoms with E-state index in [4.69, 9.17) is 9.47 Å². The molecule has 1 N–H and O–H groups in total. The van der Waals surface area contributed by atoms with Gasteiger partial charge in [-0.2, -0.15) is 0 Å². The molecule has 0 aliphatic carbocycles. The van der Waals surface area contributed by atoms with Gasteiger partial charge in [-0.1, -0.05) is 13.8 Å². The van der Waals surface area contributed by atoms with Crippen molar-refractivity contribution >= 4 is 0 Å². The van der Waals surface area contributed by atoms with Crippen LogP contribution in [0.5, 0.6) is 0 Å². The smallest absolute Gasteiger partial charge is 0.0704 e. The van der Waals surface area contributed by atoms with Crippen molar-refractivity contribution in [2.24, 2.45) is 0 Å². The lowest BCUT2D eigenvalue weighted by molar-refractivity contribution is 0.00877. The molecule has 0 heterocycles. The Morgan fingerprint density at radius 2 is 1.93 bits per heavy atom. The van der Waals surface area contributed by atoms with Gasteiger partial charge in [-0.15, -0.1) is 0 Å². The van der Waals surface area contributed by atoms with Gasteiger partial charge in [-0.25, -0.2) is 0 Å². The number of nitrogens with one attached hydrogen (secondary N) is 1. The van der Waals surface area contributed by atoms with Crippen molar-refractivity contribution in [1.82, 2.24) is 5.32 Å². The van der Waals surface area contributed by atoms with Crippen LogP contribution in [0.25, 0.3) is 0 Å². The van der Waals surface area contributed by atoms with E-state index in [-0.39, 0.29) is 0 Å². The second kappa shape index (κ2) is 12.0. The highest BCUT2D eigenvalue weighted by Gasteiger charge is 2.00. The third-order valence-electron chi connectivity index (χ3n) is 2.19. The Bertz CT molecular complexity index is 120. The molecule has 0 radical (unpaired) electrons. The third-order valence-corrected chi connectivity index (χ3v) is 2.19. The SMILES string of the molecule is CCCOCCOC(C)CCCNCC. The first-order chi connectivity index (χ1) is 7.31. The molecule has 0 aromatic carbocycles. The van der Waals surface area contributed by atoms with Crippen molar-refractivity contribution in [1.29, 1.82) is 0 Å². The van der Waals surface area contributed by atoms with Crippen LogP contribution in [-0.4, -0.2) is 39.0 Å². The van der Waals surface area contributed by atoms with Crippen LogP contribution in [0.1, 0.15) is 40.0 Å². The van der Waals surface area contributed by atoms with E-state index >= 15 is 0 Å². The summed E-state index contributed by atoms with van der Waals surface area (Å²) in [6.07, 6.45) is 3.75. The quantitative estimate of drug-likeness (QED) is 0.538. The first-order valence-corrected chi connectivity index (χ1v) is 6.21. The van der Waals surface area contributed by atoms with Gasteiger partial charge in [0.1, 0.15) is 0 Å². The Balaban J connectivity index is 3.08. The summed E-state index contributed by atoms with van der Waals surface area (Å²) in [6, 6.07) is 0. The molecular formula is C12H27NO2. The zero-order valence-electron chi connectivity index (χ0n) is 10.6. The fraction of sp³-hybridized carbons (Fsp3) is 1.00. The second-order valence-corrected chi connectivity index (χ2v) is 3.79. The van der Waals surface area contributed by atoms with Gasteiger partial charge in [0.05, 0.1) is 19.3 Å². The third kappa shape index (κ3) is 11.8. The van der Waals surface area contributed by atoms with E-state index in [2.05, 4.69) is 26.1 Å². The van der Waals surface area contributed by atoms with Gasteiger partial charge in [0, 0.05) is 6.61 Å². The zero-order chi connectivity index (χ0) is 11.4. The van der Waals surface area contributed by atoms with Gasteiger partial charge >= 0.3 is 0 Å². The van der Waals surface area contributed by atoms with Crippen LogP contribution < -0.4 is 5.32 Å². The number of hydrogen-bond donors (Lipinski definition) is 1. The van der Waals surface area contributed by atoms with E-state index in [1.165, 1.54) is 6.42 Å². The zero-order valence-corrected chi connectivity index (χ0v) is 10.6. The Hall–Kier alpha value is -0.120. The standard InChI is InChI=1S/C12H27NO2/c1-4-9-14-10-11-15-12(3)7-6-8-13-5-2/h12-13H,4-11H2,1-3H3. The Kier molecular flexibility index (Phi) is 11.9. The van der Waals surface area contributed by atoms with Crippen molar-refractivity contribution < 1.29 is 9.47 Å². The topological polar surface area (TPSA) is 30.5 Å². The maximum atomic E-state index is 5.62. The molecule has 1 unspecified atom stereocenters. The highest BCUT2D eigenvalue weighted by Crippen LogP contribution is 2.00. The lowest BCUT2D eigenvalue weighted by atomic mass is 10.2. The Labute approximate surface area is 94.5 Å². The number of hydrogen-bond acceptors (Lipinski definition) is 3. The fourth-order valence-corrected chi connectivity index (χ4v) is 1.33. The average molecular weight is 217 g/mol. The molecule has 0 rings (SSSR count). The van der Waals surface area contributed by atoms with Crippen molar-refractivity contribution in [2.75, 3.05) is 32.9 Å². The van der Waals surface area contributed by atoms with Gasteiger partial charge < -0.3 is 14.8 Å². The van der Waals surface area contributed by atoms with Gasteiger partial charge in [-0.05, 0) is 39.3 Å². The molecule has 0 aromatic rings. The van der Waals surface area contributed by atoms with E-state index in [0.29, 0.717) is 6.10 Å². The maximum absolute atomic E-state index is 5.62. The fourth-order valence-electron chi connectivity index (χ4n) is 1.33. The normalized spacial score (nSPS) is 13.0. The number of rotatable bonds is 11. The van der Waals surface area contributed by atoms with Crippen LogP contribution in [0.3, 0.4) is 0 Å². The average Bonchev–Trinajstić information content (AvgIpc) is 2.24. The van der Waals surface area contributed by atoms with E-state index in [1.54, 1.807) is 0 Å². The summed E-state index contributed by atoms with van der Waals surface area (Å²) in [6.45, 7) is 10.8. The van der Waals surface area contributed by atoms with Gasteiger partial charge in [0.2, 0.25) is 0 Å². The van der Waals surface area contributed by atoms with E-state index in [0.717, 1.165) is 45.8 Å². The summed E-state index contributed by atoms with van der Waals surface area (Å²) in [5, 5.41) is 3.31. The van der Waals surface area contributed by atoms with Gasteiger partial charge in [-0.3, -0.25) is 0 Å². The van der Waals surface area contributed by atoms with Crippen LogP contribution in [0.15, 0.2) is 0 Å². The lowest BCUT2D eigenvalue weighted by Crippen LogP contribution is -2.18. The summed E-state index contributed by atoms with van der Waals surface area (Å²) < 4.78 is 11.0. The summed E-state index contributed by atoms with van der Waals surface area (Å²) in [5.41, 5.74) is 0. The predicted octanol–water partition coefficient (Wildman–Crippen LogP) is 2.21. The summed E-state index contributed by atoms with van der Waals surface area (Å²) in [4.78, 5) is 0. The summed E-state index contributed by atoms with van der Waals surface area (Å²) >= 11 is 0. The van der Waals surface area contributed by atoms with Gasteiger partial charge in [0.15, 0.2) is 0 Å². The van der Waals surface area contributed by atoms with Crippen LogP contribution in [0, 0.1) is 0 Å². The molecule has 0 saturated heterocycles. The molecule has 3 heteroatoms. The Morgan fingerprint density at radius 1 is 1.13 bits per heavy atom. The van der Waals surface area contributed by atoms with Crippen LogP contribution in [-0.2, 0) is 9.47 Å². The molecule has 0 aromatic heterocycles. The van der Waals surface area contributed by atoms with Crippen molar-refractivity contribution in [3.05, 3.63) is 0 Å². The van der Waals surface area contributed by atoms with Crippen LogP contribution in [0.2, 0.25) is 0 Å². The molecule has 0 bridgehead atoms. The molecule has 0 aliphatic heterocycles. The van der Waals surface area contributed by atoms with Crippen molar-refractivity contribution in [3.63, 3.8) is 0 Å². The molecule has 0 fully saturated rings. The molecule has 0 saturated carbocycles. The van der Waals surface area contributed by atoms with E-state index in [9.17, 15) is 0 Å². The minimum Gasteiger partial charge on any atom is -0.379 e. The Morgan fingerprint density at radius 3 is 2.60 bits per heavy atom. The van der Waals surface area contributed by atoms with Crippen molar-refractivity contribution in [2.45, 2.75) is 46.1 Å². The molecule has 0 aliphatic rings. The highest BCUT2D eigenvalue weighted by atomic mass is 16.5. The van der Waals surface area contributed by atoms with Crippen molar-refractivity contribution in [3.8, 4) is 0 Å². The molecule has 1 atom stereocenters. The van der Waals surface area contributed by atoms with Crippen LogP contribution in [0.4, 0.5) is 0 Å². The summed E-state index contributed by atoms with van der Waals surface area (Å²) in [7, 11) is 0. The monoisotopic (exact) mass is 217 g/mol. The van der Waals surface area contributed by atoms with E-state index in [1.807, 2.05) is 0 Å². The second-order valence-electron chi connectivity index (χ2n) is 3.79. The molecule has 3 nitrogen and oxygen atoms in total. The minimum absolute atomic E-state index is 0.355. The van der Waals surface area contributed by atoms with E-state index < -0.39 is 0 Å². The first-order valence-electron chi connectivity index (χ1n) is 6.21. The maximum Gasteiger partial charge on any atom is 0.0704 e. The minimum atomic E-state index is 0.355. The van der Waals surface area contributed by atoms with Gasteiger partial charge in [0.25, 0.3) is 0 Å².